The Hall–Kier alpha value is -1.49. The molecule has 0 N–H and O–H groups in total. The fourth-order valence-electron chi connectivity index (χ4n) is 1.69. The topological polar surface area (TPSA) is 39.9 Å². The molecule has 0 spiro atoms. The van der Waals surface area contributed by atoms with Crippen LogP contribution in [-0.4, -0.2) is 20.5 Å². The molecular weight excluding hydrogens is 258 g/mol. The molecule has 5 heteroatoms. The molecule has 2 aromatic rings. The molecule has 1 aromatic heterocycles. The lowest BCUT2D eigenvalue weighted by Crippen LogP contribution is -2.04. The van der Waals surface area contributed by atoms with E-state index in [4.69, 9.17) is 4.74 Å². The van der Waals surface area contributed by atoms with Crippen molar-refractivity contribution in [3.05, 3.63) is 35.7 Å². The number of aryl methyl sites for hydroxylation is 1. The van der Waals surface area contributed by atoms with Crippen LogP contribution in [0.3, 0.4) is 0 Å². The smallest absolute Gasteiger partial charge is 0.191 e. The third kappa shape index (κ3) is 3.50. The van der Waals surface area contributed by atoms with Crippen LogP contribution in [0.2, 0.25) is 0 Å². The Bertz CT molecular complexity index is 522. The monoisotopic (exact) mass is 277 g/mol. The Kier molecular flexibility index (Phi) is 4.85. The second-order valence-electron chi connectivity index (χ2n) is 4.18. The largest absolute Gasteiger partial charge is 0.486 e. The maximum atomic E-state index is 5.73. The van der Waals surface area contributed by atoms with Gasteiger partial charge in [-0.25, -0.2) is 0 Å². The minimum Gasteiger partial charge on any atom is -0.486 e. The zero-order valence-electron chi connectivity index (χ0n) is 11.6. The number of hydrogen-bond acceptors (Lipinski definition) is 4. The third-order valence-electron chi connectivity index (χ3n) is 2.90. The molecule has 0 amide bonds. The molecule has 0 unspecified atom stereocenters. The van der Waals surface area contributed by atoms with E-state index in [0.717, 1.165) is 28.9 Å². The number of rotatable bonds is 6. The van der Waals surface area contributed by atoms with Gasteiger partial charge in [0.1, 0.15) is 12.4 Å². The predicted octanol–water partition coefficient (Wildman–Crippen LogP) is 3.07. The number of nitrogens with zero attached hydrogens (tertiary/aromatic N) is 3. The molecule has 0 radical (unpaired) electrons. The van der Waals surface area contributed by atoms with Crippen molar-refractivity contribution < 1.29 is 4.74 Å². The lowest BCUT2D eigenvalue weighted by molar-refractivity contribution is 0.290. The summed E-state index contributed by atoms with van der Waals surface area (Å²) in [5.41, 5.74) is 1.31. The van der Waals surface area contributed by atoms with Crippen LogP contribution in [0, 0.1) is 0 Å². The van der Waals surface area contributed by atoms with Gasteiger partial charge >= 0.3 is 0 Å². The Balaban J connectivity index is 1.97. The molecule has 0 bridgehead atoms. The fourth-order valence-corrected chi connectivity index (χ4v) is 2.35. The molecule has 102 valence electrons. The van der Waals surface area contributed by atoms with Crippen LogP contribution in [0.5, 0.6) is 5.75 Å². The van der Waals surface area contributed by atoms with E-state index >= 15 is 0 Å². The first kappa shape index (κ1) is 13.9. The molecular formula is C14H19N3OS. The molecule has 19 heavy (non-hydrogen) atoms. The summed E-state index contributed by atoms with van der Waals surface area (Å²) in [4.78, 5) is 0. The van der Waals surface area contributed by atoms with Gasteiger partial charge in [-0.15, -0.1) is 10.2 Å². The zero-order chi connectivity index (χ0) is 13.7. The van der Waals surface area contributed by atoms with Crippen molar-refractivity contribution in [2.24, 2.45) is 7.05 Å². The van der Waals surface area contributed by atoms with E-state index in [9.17, 15) is 0 Å². The van der Waals surface area contributed by atoms with E-state index < -0.39 is 0 Å². The first-order chi connectivity index (χ1) is 9.24. The van der Waals surface area contributed by atoms with Gasteiger partial charge in [0.2, 0.25) is 0 Å². The molecule has 4 nitrogen and oxygen atoms in total. The van der Waals surface area contributed by atoms with Crippen LogP contribution in [0.1, 0.15) is 25.2 Å². The summed E-state index contributed by atoms with van der Waals surface area (Å²) in [7, 11) is 1.97. The average molecular weight is 277 g/mol. The van der Waals surface area contributed by atoms with Crippen molar-refractivity contribution in [3.63, 3.8) is 0 Å². The molecule has 0 fully saturated rings. The Morgan fingerprint density at radius 1 is 1.16 bits per heavy atom. The van der Waals surface area contributed by atoms with Crippen LogP contribution < -0.4 is 4.74 Å². The quantitative estimate of drug-likeness (QED) is 0.761. The maximum absolute atomic E-state index is 5.73. The highest BCUT2D eigenvalue weighted by Gasteiger charge is 2.08. The second kappa shape index (κ2) is 6.61. The summed E-state index contributed by atoms with van der Waals surface area (Å²) in [6.07, 6.45) is 1.04. The number of ether oxygens (including phenoxy) is 1. The maximum Gasteiger partial charge on any atom is 0.191 e. The van der Waals surface area contributed by atoms with Crippen LogP contribution >= 0.6 is 11.8 Å². The Labute approximate surface area is 118 Å². The van der Waals surface area contributed by atoms with Crippen LogP contribution in [0.15, 0.2) is 29.4 Å². The SMILES string of the molecule is CCSc1nnc(COc2ccc(CC)cc2)n1C. The van der Waals surface area contributed by atoms with E-state index in [2.05, 4.69) is 36.2 Å². The molecule has 0 saturated heterocycles. The first-order valence-electron chi connectivity index (χ1n) is 6.47. The number of benzene rings is 1. The molecule has 0 saturated carbocycles. The van der Waals surface area contributed by atoms with E-state index in [-0.39, 0.29) is 0 Å². The highest BCUT2D eigenvalue weighted by atomic mass is 32.2. The number of thioether (sulfide) groups is 1. The summed E-state index contributed by atoms with van der Waals surface area (Å²) in [5, 5.41) is 9.22. The van der Waals surface area contributed by atoms with Crippen molar-refractivity contribution in [2.45, 2.75) is 32.0 Å². The summed E-state index contributed by atoms with van der Waals surface area (Å²) >= 11 is 1.68. The fraction of sp³-hybridized carbons (Fsp3) is 0.429. The molecule has 0 aliphatic heterocycles. The average Bonchev–Trinajstić information content (AvgIpc) is 2.79. The van der Waals surface area contributed by atoms with Crippen molar-refractivity contribution in [1.82, 2.24) is 14.8 Å². The van der Waals surface area contributed by atoms with Crippen molar-refractivity contribution in [2.75, 3.05) is 5.75 Å². The molecule has 0 aliphatic rings. The minimum atomic E-state index is 0.444. The summed E-state index contributed by atoms with van der Waals surface area (Å²) in [6, 6.07) is 8.17. The van der Waals surface area contributed by atoms with Gasteiger partial charge in [0.25, 0.3) is 0 Å². The van der Waals surface area contributed by atoms with Crippen molar-refractivity contribution >= 4 is 11.8 Å². The van der Waals surface area contributed by atoms with E-state index in [1.54, 1.807) is 11.8 Å². The van der Waals surface area contributed by atoms with E-state index in [1.807, 2.05) is 23.7 Å². The van der Waals surface area contributed by atoms with Gasteiger partial charge in [-0.1, -0.05) is 37.7 Å². The van der Waals surface area contributed by atoms with Crippen LogP contribution in [0.25, 0.3) is 0 Å². The van der Waals surface area contributed by atoms with Gasteiger partial charge in [-0.05, 0) is 29.9 Å². The summed E-state index contributed by atoms with van der Waals surface area (Å²) in [5.74, 6) is 2.70. The van der Waals surface area contributed by atoms with Gasteiger partial charge in [0.05, 0.1) is 0 Å². The van der Waals surface area contributed by atoms with E-state index in [0.29, 0.717) is 6.61 Å². The standard InChI is InChI=1S/C14H19N3OS/c1-4-11-6-8-12(9-7-11)18-10-13-15-16-14(17(13)3)19-5-2/h6-9H,4-5,10H2,1-3H3. The highest BCUT2D eigenvalue weighted by molar-refractivity contribution is 7.99. The number of aromatic nitrogens is 3. The highest BCUT2D eigenvalue weighted by Crippen LogP contribution is 2.17. The Morgan fingerprint density at radius 3 is 2.53 bits per heavy atom. The number of hydrogen-bond donors (Lipinski definition) is 0. The second-order valence-corrected chi connectivity index (χ2v) is 5.41. The third-order valence-corrected chi connectivity index (χ3v) is 3.80. The minimum absolute atomic E-state index is 0.444. The predicted molar refractivity (Wildman–Crippen MR) is 77.6 cm³/mol. The lowest BCUT2D eigenvalue weighted by Gasteiger charge is -2.07. The zero-order valence-corrected chi connectivity index (χ0v) is 12.4. The van der Waals surface area contributed by atoms with Crippen molar-refractivity contribution in [3.8, 4) is 5.75 Å². The van der Waals surface area contributed by atoms with Gasteiger partial charge in [-0.3, -0.25) is 0 Å². The molecule has 2 rings (SSSR count). The summed E-state index contributed by atoms with van der Waals surface area (Å²) < 4.78 is 7.71. The summed E-state index contributed by atoms with van der Waals surface area (Å²) in [6.45, 7) is 4.69. The Morgan fingerprint density at radius 2 is 1.89 bits per heavy atom. The molecule has 0 atom stereocenters. The van der Waals surface area contributed by atoms with Gasteiger partial charge < -0.3 is 9.30 Å². The normalized spacial score (nSPS) is 10.7. The molecule has 0 aliphatic carbocycles. The van der Waals surface area contributed by atoms with Crippen LogP contribution in [-0.2, 0) is 20.1 Å². The van der Waals surface area contributed by atoms with Crippen LogP contribution in [0.4, 0.5) is 0 Å². The molecule has 1 aromatic carbocycles. The van der Waals surface area contributed by atoms with Gasteiger partial charge in [0.15, 0.2) is 11.0 Å². The van der Waals surface area contributed by atoms with Crippen molar-refractivity contribution in [1.29, 1.82) is 0 Å². The van der Waals surface area contributed by atoms with E-state index in [1.165, 1.54) is 5.56 Å². The molecule has 1 heterocycles. The van der Waals surface area contributed by atoms with Gasteiger partial charge in [0, 0.05) is 7.05 Å². The lowest BCUT2D eigenvalue weighted by atomic mass is 10.2. The van der Waals surface area contributed by atoms with Gasteiger partial charge in [-0.2, -0.15) is 0 Å². The first-order valence-corrected chi connectivity index (χ1v) is 7.46.